The highest BCUT2D eigenvalue weighted by atomic mass is 32.2. The molecule has 0 amide bonds. The van der Waals surface area contributed by atoms with E-state index < -0.39 is 10.0 Å². The summed E-state index contributed by atoms with van der Waals surface area (Å²) in [6.07, 6.45) is 1.63. The standard InChI is InChI=1S/C12H14N2O4S2/c1-17-9-3-4-11(10(7-9)18-2)20(15,16)14-8-12-13-5-6-19-12/h3-7,14H,8H2,1-2H3. The van der Waals surface area contributed by atoms with Crippen molar-refractivity contribution in [3.8, 4) is 11.5 Å². The van der Waals surface area contributed by atoms with Crippen LogP contribution in [0.5, 0.6) is 11.5 Å². The fraction of sp³-hybridized carbons (Fsp3) is 0.250. The Balaban J connectivity index is 2.24. The lowest BCUT2D eigenvalue weighted by Crippen LogP contribution is -2.23. The third-order valence-electron chi connectivity index (χ3n) is 2.56. The normalized spacial score (nSPS) is 11.3. The van der Waals surface area contributed by atoms with Gasteiger partial charge in [-0.3, -0.25) is 0 Å². The average Bonchev–Trinajstić information content (AvgIpc) is 2.97. The van der Waals surface area contributed by atoms with Crippen LogP contribution in [0.1, 0.15) is 5.01 Å². The van der Waals surface area contributed by atoms with Crippen molar-refractivity contribution in [3.05, 3.63) is 34.8 Å². The van der Waals surface area contributed by atoms with Crippen LogP contribution >= 0.6 is 11.3 Å². The summed E-state index contributed by atoms with van der Waals surface area (Å²) in [4.78, 5) is 4.09. The molecule has 0 radical (unpaired) electrons. The molecule has 0 unspecified atom stereocenters. The van der Waals surface area contributed by atoms with Crippen LogP contribution in [0.25, 0.3) is 0 Å². The number of aromatic nitrogens is 1. The minimum atomic E-state index is -3.67. The summed E-state index contributed by atoms with van der Waals surface area (Å²) in [6.45, 7) is 0.148. The van der Waals surface area contributed by atoms with Crippen LogP contribution in [0.2, 0.25) is 0 Å². The first-order chi connectivity index (χ1) is 9.56. The Labute approximate surface area is 121 Å². The molecule has 1 aromatic heterocycles. The van der Waals surface area contributed by atoms with Crippen LogP contribution < -0.4 is 14.2 Å². The van der Waals surface area contributed by atoms with Crippen molar-refractivity contribution in [1.29, 1.82) is 0 Å². The molecule has 0 aliphatic heterocycles. The largest absolute Gasteiger partial charge is 0.497 e. The van der Waals surface area contributed by atoms with E-state index in [-0.39, 0.29) is 17.2 Å². The number of nitrogens with zero attached hydrogens (tertiary/aromatic N) is 1. The Bertz CT molecular complexity index is 669. The van der Waals surface area contributed by atoms with Gasteiger partial charge in [0.15, 0.2) is 0 Å². The Morgan fingerprint density at radius 3 is 2.70 bits per heavy atom. The number of benzene rings is 1. The van der Waals surface area contributed by atoms with E-state index in [1.54, 1.807) is 17.6 Å². The zero-order valence-corrected chi connectivity index (χ0v) is 12.6. The molecule has 6 nitrogen and oxygen atoms in total. The van der Waals surface area contributed by atoms with Gasteiger partial charge in [-0.15, -0.1) is 11.3 Å². The van der Waals surface area contributed by atoms with Crippen molar-refractivity contribution in [3.63, 3.8) is 0 Å². The topological polar surface area (TPSA) is 77.5 Å². The summed E-state index contributed by atoms with van der Waals surface area (Å²) in [6, 6.07) is 4.54. The average molecular weight is 314 g/mol. The van der Waals surface area contributed by atoms with E-state index in [9.17, 15) is 8.42 Å². The SMILES string of the molecule is COc1ccc(S(=O)(=O)NCc2nccs2)c(OC)c1. The van der Waals surface area contributed by atoms with Gasteiger partial charge in [0.2, 0.25) is 10.0 Å². The molecule has 20 heavy (non-hydrogen) atoms. The number of sulfonamides is 1. The number of thiazole rings is 1. The van der Waals surface area contributed by atoms with Crippen LogP contribution in [0.4, 0.5) is 0 Å². The van der Waals surface area contributed by atoms with E-state index in [0.717, 1.165) is 0 Å². The van der Waals surface area contributed by atoms with Crippen LogP contribution in [-0.2, 0) is 16.6 Å². The van der Waals surface area contributed by atoms with Crippen molar-refractivity contribution >= 4 is 21.4 Å². The quantitative estimate of drug-likeness (QED) is 0.877. The summed E-state index contributed by atoms with van der Waals surface area (Å²) >= 11 is 1.39. The van der Waals surface area contributed by atoms with E-state index in [1.165, 1.54) is 37.7 Å². The lowest BCUT2D eigenvalue weighted by molar-refractivity contribution is 0.386. The molecule has 0 aliphatic carbocycles. The molecule has 0 saturated heterocycles. The van der Waals surface area contributed by atoms with Gasteiger partial charge in [0, 0.05) is 17.6 Å². The van der Waals surface area contributed by atoms with Gasteiger partial charge < -0.3 is 9.47 Å². The van der Waals surface area contributed by atoms with Crippen molar-refractivity contribution in [2.45, 2.75) is 11.4 Å². The first-order valence-corrected chi connectivity index (χ1v) is 8.03. The molecule has 0 bridgehead atoms. The smallest absolute Gasteiger partial charge is 0.244 e. The highest BCUT2D eigenvalue weighted by Gasteiger charge is 2.20. The van der Waals surface area contributed by atoms with Crippen molar-refractivity contribution in [2.24, 2.45) is 0 Å². The minimum absolute atomic E-state index is 0.0670. The van der Waals surface area contributed by atoms with Crippen LogP contribution in [0, 0.1) is 0 Å². The highest BCUT2D eigenvalue weighted by Crippen LogP contribution is 2.28. The lowest BCUT2D eigenvalue weighted by Gasteiger charge is -2.11. The summed E-state index contributed by atoms with van der Waals surface area (Å²) in [5.41, 5.74) is 0. The predicted octanol–water partition coefficient (Wildman–Crippen LogP) is 1.64. The molecule has 1 heterocycles. The molecule has 0 aliphatic rings. The number of rotatable bonds is 6. The summed E-state index contributed by atoms with van der Waals surface area (Å²) in [5, 5.41) is 2.48. The second-order valence-corrected chi connectivity index (χ2v) is 6.48. The first-order valence-electron chi connectivity index (χ1n) is 5.67. The van der Waals surface area contributed by atoms with Crippen LogP contribution in [0.3, 0.4) is 0 Å². The van der Waals surface area contributed by atoms with E-state index in [4.69, 9.17) is 9.47 Å². The molecule has 108 valence electrons. The van der Waals surface area contributed by atoms with E-state index in [1.807, 2.05) is 0 Å². The molecule has 1 aromatic carbocycles. The maximum atomic E-state index is 12.3. The van der Waals surface area contributed by atoms with Crippen molar-refractivity contribution < 1.29 is 17.9 Å². The van der Waals surface area contributed by atoms with Gasteiger partial charge in [0.1, 0.15) is 21.4 Å². The molecular weight excluding hydrogens is 300 g/mol. The maximum Gasteiger partial charge on any atom is 0.244 e. The van der Waals surface area contributed by atoms with Gasteiger partial charge in [-0.05, 0) is 12.1 Å². The van der Waals surface area contributed by atoms with Crippen molar-refractivity contribution in [1.82, 2.24) is 9.71 Å². The molecule has 2 aromatic rings. The van der Waals surface area contributed by atoms with E-state index in [0.29, 0.717) is 10.8 Å². The fourth-order valence-electron chi connectivity index (χ4n) is 1.57. The molecule has 2 rings (SSSR count). The number of nitrogens with one attached hydrogen (secondary N) is 1. The lowest BCUT2D eigenvalue weighted by atomic mass is 10.3. The maximum absolute atomic E-state index is 12.3. The van der Waals surface area contributed by atoms with Gasteiger partial charge in [0.05, 0.1) is 20.8 Å². The number of methoxy groups -OCH3 is 2. The Morgan fingerprint density at radius 1 is 1.30 bits per heavy atom. The summed E-state index contributed by atoms with van der Waals surface area (Å²) < 4.78 is 37.1. The Hall–Kier alpha value is -1.64. The monoisotopic (exact) mass is 314 g/mol. The molecule has 0 saturated carbocycles. The zero-order chi connectivity index (χ0) is 14.6. The molecule has 0 spiro atoms. The van der Waals surface area contributed by atoms with Crippen molar-refractivity contribution in [2.75, 3.05) is 14.2 Å². The molecule has 0 fully saturated rings. The zero-order valence-electron chi connectivity index (χ0n) is 11.0. The molecule has 0 atom stereocenters. The third kappa shape index (κ3) is 3.27. The van der Waals surface area contributed by atoms with Gasteiger partial charge in [-0.25, -0.2) is 18.1 Å². The molecule has 8 heteroatoms. The second kappa shape index (κ2) is 6.21. The first kappa shape index (κ1) is 14.8. The Morgan fingerprint density at radius 2 is 2.10 bits per heavy atom. The van der Waals surface area contributed by atoms with Gasteiger partial charge in [-0.2, -0.15) is 0 Å². The molecule has 1 N–H and O–H groups in total. The number of hydrogen-bond acceptors (Lipinski definition) is 6. The molecular formula is C12H14N2O4S2. The van der Waals surface area contributed by atoms with Crippen LogP contribution in [0.15, 0.2) is 34.7 Å². The number of ether oxygens (including phenoxy) is 2. The second-order valence-electron chi connectivity index (χ2n) is 3.77. The van der Waals surface area contributed by atoms with E-state index in [2.05, 4.69) is 9.71 Å². The summed E-state index contributed by atoms with van der Waals surface area (Å²) in [7, 11) is -0.753. The van der Waals surface area contributed by atoms with Crippen LogP contribution in [-0.4, -0.2) is 27.6 Å². The van der Waals surface area contributed by atoms with Gasteiger partial charge in [0.25, 0.3) is 0 Å². The van der Waals surface area contributed by atoms with Gasteiger partial charge in [-0.1, -0.05) is 0 Å². The summed E-state index contributed by atoms with van der Waals surface area (Å²) in [5.74, 6) is 0.761. The highest BCUT2D eigenvalue weighted by molar-refractivity contribution is 7.89. The van der Waals surface area contributed by atoms with Gasteiger partial charge >= 0.3 is 0 Å². The van der Waals surface area contributed by atoms with E-state index >= 15 is 0 Å². The predicted molar refractivity (Wildman–Crippen MR) is 75.7 cm³/mol. The minimum Gasteiger partial charge on any atom is -0.497 e. The number of hydrogen-bond donors (Lipinski definition) is 1. The fourth-order valence-corrected chi connectivity index (χ4v) is 3.36. The Kier molecular flexibility index (Phi) is 4.58. The third-order valence-corrected chi connectivity index (χ3v) is 4.78.